The number of allylic oxidation sites excluding steroid dienone is 14. The van der Waals surface area contributed by atoms with Gasteiger partial charge in [-0.1, -0.05) is 143 Å². The smallest absolute Gasteiger partial charge is 0.462 e. The van der Waals surface area contributed by atoms with Crippen LogP contribution in [0.3, 0.4) is 0 Å². The zero-order valence-electron chi connectivity index (χ0n) is 32.5. The Hall–Kier alpha value is -3.07. The van der Waals surface area contributed by atoms with Gasteiger partial charge >= 0.3 is 19.8 Å². The average molecular weight is 761 g/mol. The van der Waals surface area contributed by atoms with Crippen LogP contribution < -0.4 is 0 Å². The van der Waals surface area contributed by atoms with E-state index in [1.165, 1.54) is 38.5 Å². The normalized spacial score (nSPS) is 14.1. The van der Waals surface area contributed by atoms with Gasteiger partial charge < -0.3 is 24.4 Å². The lowest BCUT2D eigenvalue weighted by atomic mass is 10.1. The van der Waals surface area contributed by atoms with Crippen molar-refractivity contribution in [2.75, 3.05) is 13.2 Å². The second kappa shape index (κ2) is 37.3. The monoisotopic (exact) mass is 760 g/mol. The van der Waals surface area contributed by atoms with Crippen molar-refractivity contribution in [3.63, 3.8) is 0 Å². The fourth-order valence-corrected chi connectivity index (χ4v) is 5.10. The molecular formula is C43H69O9P. The van der Waals surface area contributed by atoms with Crippen LogP contribution in [0.4, 0.5) is 0 Å². The van der Waals surface area contributed by atoms with Crippen molar-refractivity contribution in [2.45, 2.75) is 148 Å². The Bertz CT molecular complexity index is 1190. The number of aliphatic hydroxyl groups is 1. The van der Waals surface area contributed by atoms with Gasteiger partial charge in [0.1, 0.15) is 6.61 Å². The van der Waals surface area contributed by atoms with Crippen LogP contribution in [0.5, 0.6) is 0 Å². The van der Waals surface area contributed by atoms with E-state index in [1.54, 1.807) is 0 Å². The fraction of sp³-hybridized carbons (Fsp3) is 0.581. The van der Waals surface area contributed by atoms with Gasteiger partial charge in [-0.2, -0.15) is 0 Å². The van der Waals surface area contributed by atoms with E-state index in [4.69, 9.17) is 19.3 Å². The molecular weight excluding hydrogens is 691 g/mol. The minimum atomic E-state index is -4.79. The first-order valence-corrected chi connectivity index (χ1v) is 21.2. The molecule has 53 heavy (non-hydrogen) atoms. The van der Waals surface area contributed by atoms with Crippen LogP contribution in [0.2, 0.25) is 0 Å². The van der Waals surface area contributed by atoms with E-state index in [1.807, 2.05) is 67.7 Å². The molecule has 0 saturated carbocycles. The molecule has 3 N–H and O–H groups in total. The number of unbranched alkanes of at least 4 members (excludes halogenated alkanes) is 8. The molecule has 0 aromatic heterocycles. The highest BCUT2D eigenvalue weighted by molar-refractivity contribution is 7.46. The summed E-state index contributed by atoms with van der Waals surface area (Å²) in [6.07, 6.45) is 47.7. The molecule has 1 unspecified atom stereocenters. The summed E-state index contributed by atoms with van der Waals surface area (Å²) in [5.41, 5.74) is 0. The number of ether oxygens (including phenoxy) is 2. The summed E-state index contributed by atoms with van der Waals surface area (Å²) in [6.45, 7) is 3.33. The zero-order chi connectivity index (χ0) is 39.1. The Kier molecular flexibility index (Phi) is 35.1. The number of esters is 2. The van der Waals surface area contributed by atoms with Crippen LogP contribution in [0.25, 0.3) is 0 Å². The lowest BCUT2D eigenvalue weighted by Crippen LogP contribution is -2.29. The third kappa shape index (κ3) is 40.0. The molecule has 0 aliphatic heterocycles. The number of carbonyl (C=O) groups is 2. The SMILES string of the molecule is CC/C=C\C(O)C/C=C/C=C\C/C=C\C/C=C\CCCC(=O)OC[C@H](COP(=O)(O)O)OC(=O)CCC/C=C\C/C=C\C/C=C\CCCCCCCC. The first-order chi connectivity index (χ1) is 25.7. The van der Waals surface area contributed by atoms with E-state index in [0.717, 1.165) is 38.5 Å². The summed E-state index contributed by atoms with van der Waals surface area (Å²) in [5.74, 6) is -1.05. The van der Waals surface area contributed by atoms with Gasteiger partial charge in [-0.3, -0.25) is 14.1 Å². The molecule has 0 aromatic rings. The maximum absolute atomic E-state index is 12.4. The Labute approximate surface area is 320 Å². The summed E-state index contributed by atoms with van der Waals surface area (Å²) >= 11 is 0. The first-order valence-electron chi connectivity index (χ1n) is 19.6. The molecule has 0 spiro atoms. The van der Waals surface area contributed by atoms with Crippen LogP contribution in [0, 0.1) is 0 Å². The molecule has 0 aliphatic carbocycles. The molecule has 0 heterocycles. The van der Waals surface area contributed by atoms with Crippen molar-refractivity contribution in [3.8, 4) is 0 Å². The Morgan fingerprint density at radius 2 is 1.11 bits per heavy atom. The van der Waals surface area contributed by atoms with Gasteiger partial charge in [-0.15, -0.1) is 0 Å². The Balaban J connectivity index is 4.20. The van der Waals surface area contributed by atoms with E-state index in [2.05, 4.69) is 47.9 Å². The molecule has 0 amide bonds. The number of phosphoric acid groups is 1. The van der Waals surface area contributed by atoms with Gasteiger partial charge in [0.05, 0.1) is 12.7 Å². The highest BCUT2D eigenvalue weighted by Crippen LogP contribution is 2.35. The number of hydrogen-bond acceptors (Lipinski definition) is 7. The van der Waals surface area contributed by atoms with Crippen molar-refractivity contribution in [3.05, 3.63) is 97.2 Å². The van der Waals surface area contributed by atoms with E-state index < -0.39 is 38.6 Å². The van der Waals surface area contributed by atoms with Crippen LogP contribution in [-0.4, -0.2) is 52.3 Å². The predicted octanol–water partition coefficient (Wildman–Crippen LogP) is 10.8. The second-order valence-electron chi connectivity index (χ2n) is 12.7. The zero-order valence-corrected chi connectivity index (χ0v) is 33.4. The number of phosphoric ester groups is 1. The quantitative estimate of drug-likeness (QED) is 0.0192. The van der Waals surface area contributed by atoms with Crippen molar-refractivity contribution < 1.29 is 43.0 Å². The highest BCUT2D eigenvalue weighted by Gasteiger charge is 2.22. The number of rotatable bonds is 34. The average Bonchev–Trinajstić information content (AvgIpc) is 3.12. The van der Waals surface area contributed by atoms with Crippen molar-refractivity contribution in [1.29, 1.82) is 0 Å². The van der Waals surface area contributed by atoms with Gasteiger partial charge in [-0.25, -0.2) is 4.57 Å². The molecule has 300 valence electrons. The second-order valence-corrected chi connectivity index (χ2v) is 14.0. The van der Waals surface area contributed by atoms with Crippen molar-refractivity contribution in [1.82, 2.24) is 0 Å². The summed E-state index contributed by atoms with van der Waals surface area (Å²) in [5, 5.41) is 9.73. The third-order valence-electron chi connectivity index (χ3n) is 7.66. The van der Waals surface area contributed by atoms with Gasteiger partial charge in [0.2, 0.25) is 0 Å². The molecule has 0 fully saturated rings. The molecule has 0 aliphatic rings. The molecule has 10 heteroatoms. The van der Waals surface area contributed by atoms with Gasteiger partial charge in [0, 0.05) is 12.8 Å². The minimum absolute atomic E-state index is 0.114. The summed E-state index contributed by atoms with van der Waals surface area (Å²) in [7, 11) is -4.79. The molecule has 0 aromatic carbocycles. The molecule has 0 rings (SSSR count). The van der Waals surface area contributed by atoms with Gasteiger partial charge in [0.15, 0.2) is 6.10 Å². The molecule has 9 nitrogen and oxygen atoms in total. The molecule has 2 atom stereocenters. The predicted molar refractivity (Wildman–Crippen MR) is 217 cm³/mol. The van der Waals surface area contributed by atoms with Crippen LogP contribution >= 0.6 is 7.82 Å². The molecule has 0 bridgehead atoms. The standard InChI is InChI=1S/C43H69O9P/c1-3-5-7-8-9-10-11-12-13-14-15-16-21-24-27-30-33-37-43(46)52-41(39-51-53(47,48)49)38-50-42(45)36-32-29-26-23-20-18-17-19-22-25-28-31-35-40(44)34-6-4-2/h6,12-13,15-18,22-28,31,34,40-41,44H,3-5,7-11,14,19-21,29-30,32-33,35-39H2,1-2H3,(H2,47,48,49)/b13-12-,16-15-,18-17-,25-22-,26-23-,27-24-,31-28+,34-6-/t40?,41-/m1/s1. The van der Waals surface area contributed by atoms with E-state index in [0.29, 0.717) is 32.1 Å². The summed E-state index contributed by atoms with van der Waals surface area (Å²) < 4.78 is 26.2. The number of aliphatic hydroxyl groups excluding tert-OH is 1. The van der Waals surface area contributed by atoms with Gasteiger partial charge in [0.25, 0.3) is 0 Å². The molecule has 0 radical (unpaired) electrons. The summed E-state index contributed by atoms with van der Waals surface area (Å²) in [4.78, 5) is 42.7. The highest BCUT2D eigenvalue weighted by atomic mass is 31.2. The Morgan fingerprint density at radius 1 is 0.604 bits per heavy atom. The van der Waals surface area contributed by atoms with E-state index in [9.17, 15) is 19.3 Å². The fourth-order valence-electron chi connectivity index (χ4n) is 4.74. The maximum atomic E-state index is 12.4. The Morgan fingerprint density at radius 3 is 1.70 bits per heavy atom. The van der Waals surface area contributed by atoms with E-state index >= 15 is 0 Å². The first kappa shape index (κ1) is 49.9. The lowest BCUT2D eigenvalue weighted by molar-refractivity contribution is -0.161. The maximum Gasteiger partial charge on any atom is 0.469 e. The largest absolute Gasteiger partial charge is 0.469 e. The third-order valence-corrected chi connectivity index (χ3v) is 8.15. The number of hydrogen-bond donors (Lipinski definition) is 3. The summed E-state index contributed by atoms with van der Waals surface area (Å²) in [6, 6.07) is 0. The van der Waals surface area contributed by atoms with Crippen LogP contribution in [0.1, 0.15) is 136 Å². The van der Waals surface area contributed by atoms with Crippen LogP contribution in [0.15, 0.2) is 97.2 Å². The van der Waals surface area contributed by atoms with Crippen LogP contribution in [-0.2, 0) is 28.2 Å². The minimum Gasteiger partial charge on any atom is -0.462 e. The van der Waals surface area contributed by atoms with Gasteiger partial charge in [-0.05, 0) is 77.0 Å². The number of carbonyl (C=O) groups excluding carboxylic acids is 2. The topological polar surface area (TPSA) is 140 Å². The van der Waals surface area contributed by atoms with E-state index in [-0.39, 0.29) is 19.4 Å². The lowest BCUT2D eigenvalue weighted by Gasteiger charge is -2.18. The molecule has 0 saturated heterocycles. The van der Waals surface area contributed by atoms with Crippen molar-refractivity contribution in [2.24, 2.45) is 0 Å². The van der Waals surface area contributed by atoms with Crippen molar-refractivity contribution >= 4 is 19.8 Å².